The first-order valence-corrected chi connectivity index (χ1v) is 6.91. The van der Waals surface area contributed by atoms with Crippen LogP contribution in [0.5, 0.6) is 0 Å². The maximum absolute atomic E-state index is 11.4. The van der Waals surface area contributed by atoms with Crippen molar-refractivity contribution < 1.29 is 14.3 Å². The van der Waals surface area contributed by atoms with E-state index in [0.717, 1.165) is 25.8 Å². The van der Waals surface area contributed by atoms with Gasteiger partial charge >= 0.3 is 6.16 Å². The van der Waals surface area contributed by atoms with Crippen LogP contribution in [0.2, 0.25) is 0 Å². The molecule has 0 radical (unpaired) electrons. The topological polar surface area (TPSA) is 47.6 Å². The Morgan fingerprint density at radius 1 is 1.12 bits per heavy atom. The summed E-state index contributed by atoms with van der Waals surface area (Å²) in [6, 6.07) is 0.517. The number of hydrogen-bond acceptors (Lipinski definition) is 4. The van der Waals surface area contributed by atoms with Gasteiger partial charge in [0.2, 0.25) is 0 Å². The van der Waals surface area contributed by atoms with Crippen molar-refractivity contribution >= 4 is 6.16 Å². The van der Waals surface area contributed by atoms with E-state index in [9.17, 15) is 4.79 Å². The summed E-state index contributed by atoms with van der Waals surface area (Å²) < 4.78 is 10.3. The van der Waals surface area contributed by atoms with Crippen LogP contribution in [-0.4, -0.2) is 31.5 Å². The van der Waals surface area contributed by atoms with Crippen LogP contribution in [0.3, 0.4) is 0 Å². The summed E-state index contributed by atoms with van der Waals surface area (Å²) >= 11 is 0. The molecular formula is C13H23NO3. The Kier molecular flexibility index (Phi) is 5.10. The third kappa shape index (κ3) is 4.54. The number of hydrogen-bond donors (Lipinski definition) is 1. The fourth-order valence-electron chi connectivity index (χ4n) is 2.63. The number of ether oxygens (including phenoxy) is 2. The van der Waals surface area contributed by atoms with Crippen LogP contribution in [0.1, 0.15) is 51.4 Å². The van der Waals surface area contributed by atoms with Gasteiger partial charge in [-0.05, 0) is 51.5 Å². The molecule has 0 aromatic heterocycles. The number of nitrogens with one attached hydrogen (secondary N) is 1. The highest BCUT2D eigenvalue weighted by molar-refractivity contribution is 5.60. The first-order valence-electron chi connectivity index (χ1n) is 6.91. The molecule has 4 nitrogen and oxygen atoms in total. The largest absolute Gasteiger partial charge is 0.508 e. The van der Waals surface area contributed by atoms with Crippen molar-refractivity contribution in [2.75, 3.05) is 13.2 Å². The molecule has 1 atom stereocenters. The standard InChI is InChI=1S/C13H23NO3/c15-13(17-12-6-1-2-7-12)16-10-8-11-5-3-4-9-14-11/h11-12,14H,1-10H2. The average Bonchev–Trinajstić information content (AvgIpc) is 2.83. The highest BCUT2D eigenvalue weighted by atomic mass is 16.7. The monoisotopic (exact) mass is 241 g/mol. The van der Waals surface area contributed by atoms with Crippen LogP contribution in [0.15, 0.2) is 0 Å². The van der Waals surface area contributed by atoms with Gasteiger partial charge in [0.25, 0.3) is 0 Å². The summed E-state index contributed by atoms with van der Waals surface area (Å²) in [7, 11) is 0. The Morgan fingerprint density at radius 3 is 2.59 bits per heavy atom. The van der Waals surface area contributed by atoms with E-state index in [1.165, 1.54) is 32.1 Å². The van der Waals surface area contributed by atoms with Gasteiger partial charge in [0, 0.05) is 6.04 Å². The van der Waals surface area contributed by atoms with Gasteiger partial charge < -0.3 is 14.8 Å². The molecular weight excluding hydrogens is 218 g/mol. The van der Waals surface area contributed by atoms with Crippen LogP contribution in [0.4, 0.5) is 4.79 Å². The van der Waals surface area contributed by atoms with Crippen LogP contribution in [-0.2, 0) is 9.47 Å². The number of piperidine rings is 1. The molecule has 0 aromatic carbocycles. The van der Waals surface area contributed by atoms with Gasteiger partial charge in [0.15, 0.2) is 0 Å². The molecule has 0 spiro atoms. The molecule has 2 rings (SSSR count). The van der Waals surface area contributed by atoms with Crippen molar-refractivity contribution in [3.63, 3.8) is 0 Å². The third-order valence-electron chi connectivity index (χ3n) is 3.66. The normalized spacial score (nSPS) is 25.8. The summed E-state index contributed by atoms with van der Waals surface area (Å²) in [4.78, 5) is 11.4. The third-order valence-corrected chi connectivity index (χ3v) is 3.66. The number of carbonyl (C=O) groups is 1. The minimum absolute atomic E-state index is 0.107. The zero-order valence-corrected chi connectivity index (χ0v) is 10.5. The quantitative estimate of drug-likeness (QED) is 0.769. The minimum Gasteiger partial charge on any atom is -0.434 e. The molecule has 2 aliphatic rings. The summed E-state index contributed by atoms with van der Waals surface area (Å²) in [5, 5.41) is 3.43. The smallest absolute Gasteiger partial charge is 0.434 e. The fourth-order valence-corrected chi connectivity index (χ4v) is 2.63. The molecule has 1 heterocycles. The van der Waals surface area contributed by atoms with E-state index < -0.39 is 6.16 Å². The molecule has 2 fully saturated rings. The molecule has 0 amide bonds. The average molecular weight is 241 g/mol. The molecule has 0 bridgehead atoms. The van der Waals surface area contributed by atoms with Gasteiger partial charge in [-0.15, -0.1) is 0 Å². The first kappa shape index (κ1) is 12.7. The van der Waals surface area contributed by atoms with Gasteiger partial charge in [-0.1, -0.05) is 6.42 Å². The van der Waals surface area contributed by atoms with E-state index in [1.54, 1.807) is 0 Å². The second-order valence-electron chi connectivity index (χ2n) is 5.06. The molecule has 1 unspecified atom stereocenters. The van der Waals surface area contributed by atoms with Crippen molar-refractivity contribution in [2.24, 2.45) is 0 Å². The lowest BCUT2D eigenvalue weighted by molar-refractivity contribution is 0.0234. The predicted molar refractivity (Wildman–Crippen MR) is 64.9 cm³/mol. The number of rotatable bonds is 4. The molecule has 17 heavy (non-hydrogen) atoms. The molecule has 1 aliphatic heterocycles. The van der Waals surface area contributed by atoms with E-state index in [4.69, 9.17) is 9.47 Å². The fraction of sp³-hybridized carbons (Fsp3) is 0.923. The molecule has 4 heteroatoms. The first-order chi connectivity index (χ1) is 8.34. The lowest BCUT2D eigenvalue weighted by Gasteiger charge is -2.23. The Bertz CT molecular complexity index is 233. The van der Waals surface area contributed by atoms with E-state index in [1.807, 2.05) is 0 Å². The van der Waals surface area contributed by atoms with Crippen molar-refractivity contribution in [2.45, 2.75) is 63.5 Å². The Labute approximate surface area is 103 Å². The number of carbonyl (C=O) groups excluding carboxylic acids is 1. The summed E-state index contributed by atoms with van der Waals surface area (Å²) in [6.07, 6.45) is 8.61. The summed E-state index contributed by atoms with van der Waals surface area (Å²) in [6.45, 7) is 1.57. The van der Waals surface area contributed by atoms with Crippen LogP contribution < -0.4 is 5.32 Å². The van der Waals surface area contributed by atoms with E-state index in [0.29, 0.717) is 12.6 Å². The lowest BCUT2D eigenvalue weighted by Crippen LogP contribution is -2.35. The maximum atomic E-state index is 11.4. The molecule has 0 aromatic rings. The predicted octanol–water partition coefficient (Wildman–Crippen LogP) is 2.61. The Morgan fingerprint density at radius 2 is 1.88 bits per heavy atom. The molecule has 1 saturated carbocycles. The second kappa shape index (κ2) is 6.84. The van der Waals surface area contributed by atoms with Gasteiger partial charge in [-0.3, -0.25) is 0 Å². The van der Waals surface area contributed by atoms with Crippen molar-refractivity contribution in [3.05, 3.63) is 0 Å². The van der Waals surface area contributed by atoms with Crippen LogP contribution >= 0.6 is 0 Å². The maximum Gasteiger partial charge on any atom is 0.508 e. The molecule has 1 N–H and O–H groups in total. The minimum atomic E-state index is -0.479. The van der Waals surface area contributed by atoms with Gasteiger partial charge in [-0.2, -0.15) is 0 Å². The molecule has 98 valence electrons. The Balaban J connectivity index is 1.53. The van der Waals surface area contributed by atoms with Crippen molar-refractivity contribution in [1.29, 1.82) is 0 Å². The van der Waals surface area contributed by atoms with Crippen LogP contribution in [0.25, 0.3) is 0 Å². The summed E-state index contributed by atoms with van der Waals surface area (Å²) in [5.41, 5.74) is 0. The van der Waals surface area contributed by atoms with Crippen molar-refractivity contribution in [1.82, 2.24) is 5.32 Å². The molecule has 1 saturated heterocycles. The zero-order valence-electron chi connectivity index (χ0n) is 10.5. The van der Waals surface area contributed by atoms with Crippen LogP contribution in [0, 0.1) is 0 Å². The Hall–Kier alpha value is -0.770. The lowest BCUT2D eigenvalue weighted by atomic mass is 10.0. The van der Waals surface area contributed by atoms with E-state index in [-0.39, 0.29) is 6.10 Å². The highest BCUT2D eigenvalue weighted by Crippen LogP contribution is 2.21. The van der Waals surface area contributed by atoms with Gasteiger partial charge in [0.05, 0.1) is 6.61 Å². The zero-order chi connectivity index (χ0) is 11.9. The molecule has 1 aliphatic carbocycles. The summed E-state index contributed by atoms with van der Waals surface area (Å²) in [5.74, 6) is 0. The van der Waals surface area contributed by atoms with E-state index >= 15 is 0 Å². The van der Waals surface area contributed by atoms with E-state index in [2.05, 4.69) is 5.32 Å². The second-order valence-corrected chi connectivity index (χ2v) is 5.06. The van der Waals surface area contributed by atoms with Crippen molar-refractivity contribution in [3.8, 4) is 0 Å². The SMILES string of the molecule is O=C(OCCC1CCCCN1)OC1CCCC1. The highest BCUT2D eigenvalue weighted by Gasteiger charge is 2.20. The van der Waals surface area contributed by atoms with Gasteiger partial charge in [0.1, 0.15) is 6.10 Å². The van der Waals surface area contributed by atoms with Gasteiger partial charge in [-0.25, -0.2) is 4.79 Å².